The Hall–Kier alpha value is -0.380. The third kappa shape index (κ3) is 4.33. The molecule has 3 atom stereocenters. The van der Waals surface area contributed by atoms with Crippen molar-refractivity contribution in [3.63, 3.8) is 0 Å². The first kappa shape index (κ1) is 12.7. The van der Waals surface area contributed by atoms with Crippen molar-refractivity contribution < 1.29 is 13.7 Å². The van der Waals surface area contributed by atoms with Crippen LogP contribution in [0.2, 0.25) is 0 Å². The van der Waals surface area contributed by atoms with Gasteiger partial charge in [0.1, 0.15) is 0 Å². The lowest BCUT2D eigenvalue weighted by Gasteiger charge is -2.25. The Bertz CT molecular complexity index is 240. The molecule has 1 fully saturated rings. The Morgan fingerprint density at radius 3 is 2.80 bits per heavy atom. The largest absolute Gasteiger partial charge is 0.469 e. The number of hydrogen-bond donors (Lipinski definition) is 0. The maximum atomic E-state index is 11.9. The van der Waals surface area contributed by atoms with Gasteiger partial charge in [0.15, 0.2) is 0 Å². The Morgan fingerprint density at radius 1 is 1.47 bits per heavy atom. The van der Waals surface area contributed by atoms with Crippen LogP contribution in [0.1, 0.15) is 39.0 Å². The molecule has 0 amide bonds. The van der Waals surface area contributed by atoms with Crippen LogP contribution < -0.4 is 0 Å². The molecule has 0 N–H and O–H groups in total. The zero-order chi connectivity index (χ0) is 11.3. The van der Waals surface area contributed by atoms with E-state index in [1.807, 2.05) is 0 Å². The van der Waals surface area contributed by atoms with Crippen LogP contribution in [0.5, 0.6) is 0 Å². The smallest absolute Gasteiger partial charge is 0.306 e. The molecule has 3 unspecified atom stereocenters. The number of rotatable bonds is 4. The molecule has 0 bridgehead atoms. The summed E-state index contributed by atoms with van der Waals surface area (Å²) in [4.78, 5) is 10.9. The quantitative estimate of drug-likeness (QED) is 0.695. The van der Waals surface area contributed by atoms with Crippen molar-refractivity contribution in [1.82, 2.24) is 0 Å². The number of hydrogen-bond acceptors (Lipinski definition) is 3. The highest BCUT2D eigenvalue weighted by Crippen LogP contribution is 2.27. The van der Waals surface area contributed by atoms with Crippen LogP contribution in [0.15, 0.2) is 0 Å². The number of methoxy groups -OCH3 is 1. The third-order valence-corrected chi connectivity index (χ3v) is 4.77. The van der Waals surface area contributed by atoms with Crippen LogP contribution in [-0.4, -0.2) is 28.3 Å². The van der Waals surface area contributed by atoms with Crippen LogP contribution in [-0.2, 0) is 20.3 Å². The topological polar surface area (TPSA) is 43.4 Å². The lowest BCUT2D eigenvalue weighted by atomic mass is 9.91. The first-order chi connectivity index (χ1) is 7.13. The average Bonchev–Trinajstić information content (AvgIpc) is 2.25. The molecule has 1 rings (SSSR count). The van der Waals surface area contributed by atoms with Gasteiger partial charge < -0.3 is 4.74 Å². The van der Waals surface area contributed by atoms with Crippen molar-refractivity contribution in [2.45, 2.75) is 44.3 Å². The van der Waals surface area contributed by atoms with Gasteiger partial charge in [-0.25, -0.2) is 0 Å². The van der Waals surface area contributed by atoms with Crippen LogP contribution in [0, 0.1) is 5.92 Å². The minimum absolute atomic E-state index is 0.257. The zero-order valence-electron chi connectivity index (χ0n) is 9.53. The molecule has 0 aliphatic heterocycles. The first-order valence-corrected chi connectivity index (χ1v) is 6.95. The van der Waals surface area contributed by atoms with E-state index in [1.54, 1.807) is 0 Å². The second kappa shape index (κ2) is 6.26. The summed E-state index contributed by atoms with van der Waals surface area (Å²) in [6.07, 6.45) is 4.82. The molecule has 3 nitrogen and oxygen atoms in total. The third-order valence-electron chi connectivity index (χ3n) is 3.00. The van der Waals surface area contributed by atoms with Gasteiger partial charge >= 0.3 is 5.97 Å². The first-order valence-electron chi connectivity index (χ1n) is 5.57. The Kier molecular flexibility index (Phi) is 5.29. The molecule has 4 heteroatoms. The van der Waals surface area contributed by atoms with Gasteiger partial charge in [0.25, 0.3) is 0 Å². The van der Waals surface area contributed by atoms with Crippen LogP contribution >= 0.6 is 0 Å². The molecular weight excluding hydrogens is 212 g/mol. The summed E-state index contributed by atoms with van der Waals surface area (Å²) in [5.41, 5.74) is 0. The molecular formula is C11H20O3S. The van der Waals surface area contributed by atoms with Crippen molar-refractivity contribution >= 4 is 16.8 Å². The van der Waals surface area contributed by atoms with E-state index in [0.29, 0.717) is 16.9 Å². The fourth-order valence-corrected chi connectivity index (χ4v) is 3.74. The van der Waals surface area contributed by atoms with E-state index >= 15 is 0 Å². The maximum Gasteiger partial charge on any atom is 0.306 e. The molecule has 0 saturated heterocycles. The van der Waals surface area contributed by atoms with Gasteiger partial charge in [-0.15, -0.1) is 0 Å². The summed E-state index contributed by atoms with van der Waals surface area (Å²) in [6.45, 7) is 2.21. The summed E-state index contributed by atoms with van der Waals surface area (Å²) in [6, 6.07) is 0. The van der Waals surface area contributed by atoms with Crippen molar-refractivity contribution in [1.29, 1.82) is 0 Å². The van der Waals surface area contributed by atoms with Crippen molar-refractivity contribution in [2.75, 3.05) is 12.9 Å². The Labute approximate surface area is 94.0 Å². The molecule has 0 aromatic heterocycles. The van der Waals surface area contributed by atoms with E-state index < -0.39 is 10.8 Å². The number of ether oxygens (including phenoxy) is 1. The highest BCUT2D eigenvalue weighted by atomic mass is 32.2. The van der Waals surface area contributed by atoms with Crippen molar-refractivity contribution in [3.8, 4) is 0 Å². The second-order valence-corrected chi connectivity index (χ2v) is 6.14. The molecule has 0 aromatic rings. The van der Waals surface area contributed by atoms with Gasteiger partial charge in [0, 0.05) is 21.8 Å². The summed E-state index contributed by atoms with van der Waals surface area (Å²) in [5.74, 6) is 0.891. The molecule has 0 radical (unpaired) electrons. The van der Waals surface area contributed by atoms with Crippen molar-refractivity contribution in [2.24, 2.45) is 5.92 Å². The molecule has 1 aliphatic carbocycles. The van der Waals surface area contributed by atoms with Gasteiger partial charge in [-0.05, 0) is 18.8 Å². The minimum atomic E-state index is -0.850. The predicted molar refractivity (Wildman–Crippen MR) is 61.1 cm³/mol. The Balaban J connectivity index is 2.30. The van der Waals surface area contributed by atoms with Gasteiger partial charge in [0.2, 0.25) is 0 Å². The highest BCUT2D eigenvalue weighted by Gasteiger charge is 2.24. The number of carbonyl (C=O) groups is 1. The molecule has 88 valence electrons. The molecule has 1 aliphatic rings. The number of carbonyl (C=O) groups excluding carboxylic acids is 1. The standard InChI is InChI=1S/C11H20O3S/c1-9-4-3-5-10(8-9)15(13)7-6-11(12)14-2/h9-10H,3-8H2,1-2H3. The van der Waals surface area contributed by atoms with E-state index in [4.69, 9.17) is 0 Å². The summed E-state index contributed by atoms with van der Waals surface area (Å²) < 4.78 is 16.4. The lowest BCUT2D eigenvalue weighted by molar-refractivity contribution is -0.140. The van der Waals surface area contributed by atoms with E-state index in [9.17, 15) is 9.00 Å². The van der Waals surface area contributed by atoms with E-state index in [1.165, 1.54) is 20.0 Å². The monoisotopic (exact) mass is 232 g/mol. The molecule has 0 aromatic carbocycles. The van der Waals surface area contributed by atoms with Crippen LogP contribution in [0.4, 0.5) is 0 Å². The van der Waals surface area contributed by atoms with E-state index in [2.05, 4.69) is 11.7 Å². The maximum absolute atomic E-state index is 11.9. The van der Waals surface area contributed by atoms with Gasteiger partial charge in [0.05, 0.1) is 13.5 Å². The number of esters is 1. The van der Waals surface area contributed by atoms with Gasteiger partial charge in [-0.2, -0.15) is 0 Å². The molecule has 15 heavy (non-hydrogen) atoms. The van der Waals surface area contributed by atoms with Gasteiger partial charge in [-0.1, -0.05) is 19.8 Å². The SMILES string of the molecule is COC(=O)CCS(=O)C1CCCC(C)C1. The van der Waals surface area contributed by atoms with Gasteiger partial charge in [-0.3, -0.25) is 9.00 Å². The highest BCUT2D eigenvalue weighted by molar-refractivity contribution is 7.85. The zero-order valence-corrected chi connectivity index (χ0v) is 10.3. The lowest BCUT2D eigenvalue weighted by Crippen LogP contribution is -2.25. The van der Waals surface area contributed by atoms with E-state index in [-0.39, 0.29) is 12.4 Å². The Morgan fingerprint density at radius 2 is 2.20 bits per heavy atom. The van der Waals surface area contributed by atoms with Crippen molar-refractivity contribution in [3.05, 3.63) is 0 Å². The summed E-state index contributed by atoms with van der Waals surface area (Å²) >= 11 is 0. The summed E-state index contributed by atoms with van der Waals surface area (Å²) in [5, 5.41) is 0.304. The molecule has 0 heterocycles. The average molecular weight is 232 g/mol. The fraction of sp³-hybridized carbons (Fsp3) is 0.909. The van der Waals surface area contributed by atoms with Crippen LogP contribution in [0.25, 0.3) is 0 Å². The predicted octanol–water partition coefficient (Wildman–Crippen LogP) is 1.88. The van der Waals surface area contributed by atoms with Crippen LogP contribution in [0.3, 0.4) is 0 Å². The summed E-state index contributed by atoms with van der Waals surface area (Å²) in [7, 11) is 0.519. The molecule has 0 spiro atoms. The fourth-order valence-electron chi connectivity index (χ4n) is 2.07. The normalized spacial score (nSPS) is 28.4. The minimum Gasteiger partial charge on any atom is -0.469 e. The second-order valence-electron chi connectivity index (χ2n) is 4.30. The molecule has 1 saturated carbocycles. The van der Waals surface area contributed by atoms with E-state index in [0.717, 1.165) is 12.8 Å².